The third-order valence-electron chi connectivity index (χ3n) is 2.60. The summed E-state index contributed by atoms with van der Waals surface area (Å²) in [4.78, 5) is 2.21. The highest BCUT2D eigenvalue weighted by molar-refractivity contribution is 4.72. The maximum atomic E-state index is 11.8. The first kappa shape index (κ1) is 11.8. The van der Waals surface area contributed by atoms with Crippen molar-refractivity contribution in [3.05, 3.63) is 0 Å². The van der Waals surface area contributed by atoms with Crippen molar-refractivity contribution in [2.45, 2.75) is 19.0 Å². The molecule has 1 rings (SSSR count). The molecule has 1 N–H and O–H groups in total. The van der Waals surface area contributed by atoms with Gasteiger partial charge in [0.2, 0.25) is 0 Å². The van der Waals surface area contributed by atoms with E-state index in [1.807, 2.05) is 7.05 Å². The van der Waals surface area contributed by atoms with Crippen molar-refractivity contribution in [1.82, 2.24) is 10.2 Å². The summed E-state index contributed by atoms with van der Waals surface area (Å²) in [5, 5.41) is 2.47. The van der Waals surface area contributed by atoms with Gasteiger partial charge in [0.15, 0.2) is 0 Å². The van der Waals surface area contributed by atoms with E-state index in [9.17, 15) is 13.2 Å². The third-order valence-corrected chi connectivity index (χ3v) is 2.60. The van der Waals surface area contributed by atoms with E-state index < -0.39 is 12.7 Å². The molecule has 0 unspecified atom stereocenters. The van der Waals surface area contributed by atoms with Gasteiger partial charge < -0.3 is 10.2 Å². The highest BCUT2D eigenvalue weighted by Crippen LogP contribution is 2.16. The molecule has 0 amide bonds. The lowest BCUT2D eigenvalue weighted by Gasteiger charge is -2.29. The molecule has 0 aromatic heterocycles. The average molecular weight is 210 g/mol. The second-order valence-electron chi connectivity index (χ2n) is 3.99. The van der Waals surface area contributed by atoms with Gasteiger partial charge in [-0.1, -0.05) is 0 Å². The first-order valence-corrected chi connectivity index (χ1v) is 4.93. The second kappa shape index (κ2) is 4.98. The number of rotatable bonds is 3. The summed E-state index contributed by atoms with van der Waals surface area (Å²) >= 11 is 0. The van der Waals surface area contributed by atoms with Crippen LogP contribution in [0.3, 0.4) is 0 Å². The van der Waals surface area contributed by atoms with Crippen molar-refractivity contribution < 1.29 is 13.2 Å². The highest BCUT2D eigenvalue weighted by Gasteiger charge is 2.27. The summed E-state index contributed by atoms with van der Waals surface area (Å²) in [5.74, 6) is 0.411. The molecule has 0 aliphatic carbocycles. The predicted molar refractivity (Wildman–Crippen MR) is 49.1 cm³/mol. The number of hydrogen-bond donors (Lipinski definition) is 1. The van der Waals surface area contributed by atoms with Gasteiger partial charge in [-0.05, 0) is 45.4 Å². The maximum Gasteiger partial charge on any atom is 0.401 e. The number of halogens is 3. The molecule has 0 spiro atoms. The SMILES string of the molecule is CN1CCC(CNCC(F)(F)F)CC1. The number of piperidine rings is 1. The van der Waals surface area contributed by atoms with Crippen LogP contribution < -0.4 is 5.32 Å². The van der Waals surface area contributed by atoms with E-state index in [1.54, 1.807) is 0 Å². The molecule has 0 aromatic rings. The normalized spacial score (nSPS) is 21.4. The molecule has 14 heavy (non-hydrogen) atoms. The van der Waals surface area contributed by atoms with Gasteiger partial charge in [-0.3, -0.25) is 0 Å². The Morgan fingerprint density at radius 2 is 1.86 bits per heavy atom. The van der Waals surface area contributed by atoms with E-state index in [2.05, 4.69) is 10.2 Å². The Bertz CT molecular complexity index is 162. The molecule has 1 saturated heterocycles. The van der Waals surface area contributed by atoms with Gasteiger partial charge in [0, 0.05) is 0 Å². The van der Waals surface area contributed by atoms with E-state index in [4.69, 9.17) is 0 Å². The molecular formula is C9H17F3N2. The molecule has 2 nitrogen and oxygen atoms in total. The lowest BCUT2D eigenvalue weighted by Crippen LogP contribution is -2.37. The molecule has 1 fully saturated rings. The van der Waals surface area contributed by atoms with E-state index in [0.29, 0.717) is 12.5 Å². The Morgan fingerprint density at radius 1 is 1.29 bits per heavy atom. The van der Waals surface area contributed by atoms with Crippen LogP contribution in [0.1, 0.15) is 12.8 Å². The fourth-order valence-electron chi connectivity index (χ4n) is 1.68. The van der Waals surface area contributed by atoms with Crippen molar-refractivity contribution in [2.75, 3.05) is 33.2 Å². The summed E-state index contributed by atoms with van der Waals surface area (Å²) in [6, 6.07) is 0. The standard InChI is InChI=1S/C9H17F3N2/c1-14-4-2-8(3-5-14)6-13-7-9(10,11)12/h8,13H,2-7H2,1H3. The first-order valence-electron chi connectivity index (χ1n) is 4.93. The Kier molecular flexibility index (Phi) is 4.19. The number of nitrogens with zero attached hydrogens (tertiary/aromatic N) is 1. The van der Waals surface area contributed by atoms with E-state index in [-0.39, 0.29) is 0 Å². The van der Waals surface area contributed by atoms with Crippen LogP contribution in [0, 0.1) is 5.92 Å². The highest BCUT2D eigenvalue weighted by atomic mass is 19.4. The molecule has 0 aromatic carbocycles. The fourth-order valence-corrected chi connectivity index (χ4v) is 1.68. The van der Waals surface area contributed by atoms with Crippen LogP contribution in [0.2, 0.25) is 0 Å². The molecule has 0 radical (unpaired) electrons. The summed E-state index contributed by atoms with van der Waals surface area (Å²) < 4.78 is 35.4. The van der Waals surface area contributed by atoms with Gasteiger partial charge in [0.05, 0.1) is 6.54 Å². The van der Waals surface area contributed by atoms with Gasteiger partial charge >= 0.3 is 6.18 Å². The largest absolute Gasteiger partial charge is 0.401 e. The van der Waals surface area contributed by atoms with Gasteiger partial charge in [-0.2, -0.15) is 13.2 Å². The molecule has 84 valence electrons. The molecule has 0 saturated carbocycles. The Hall–Kier alpha value is -0.290. The number of nitrogens with one attached hydrogen (secondary N) is 1. The maximum absolute atomic E-state index is 11.8. The van der Waals surface area contributed by atoms with E-state index in [0.717, 1.165) is 25.9 Å². The zero-order valence-corrected chi connectivity index (χ0v) is 8.40. The van der Waals surface area contributed by atoms with Crippen LogP contribution in [0.4, 0.5) is 13.2 Å². The molecule has 1 aliphatic rings. The van der Waals surface area contributed by atoms with Crippen LogP contribution in [0.25, 0.3) is 0 Å². The van der Waals surface area contributed by atoms with Crippen molar-refractivity contribution in [3.63, 3.8) is 0 Å². The average Bonchev–Trinajstić information content (AvgIpc) is 2.06. The van der Waals surface area contributed by atoms with Gasteiger partial charge in [0.1, 0.15) is 0 Å². The molecular weight excluding hydrogens is 193 g/mol. The van der Waals surface area contributed by atoms with Gasteiger partial charge in [-0.25, -0.2) is 0 Å². The van der Waals surface area contributed by atoms with Crippen LogP contribution in [0.5, 0.6) is 0 Å². The van der Waals surface area contributed by atoms with Crippen molar-refractivity contribution in [3.8, 4) is 0 Å². The van der Waals surface area contributed by atoms with Crippen LogP contribution in [-0.2, 0) is 0 Å². The van der Waals surface area contributed by atoms with Crippen LogP contribution >= 0.6 is 0 Å². The molecule has 1 aliphatic heterocycles. The van der Waals surface area contributed by atoms with Crippen LogP contribution in [-0.4, -0.2) is 44.3 Å². The van der Waals surface area contributed by atoms with Gasteiger partial charge in [-0.15, -0.1) is 0 Å². The molecule has 1 heterocycles. The minimum atomic E-state index is -4.08. The second-order valence-corrected chi connectivity index (χ2v) is 3.99. The summed E-state index contributed by atoms with van der Waals surface area (Å²) in [5.41, 5.74) is 0. The summed E-state index contributed by atoms with van der Waals surface area (Å²) in [7, 11) is 2.04. The van der Waals surface area contributed by atoms with Crippen molar-refractivity contribution in [1.29, 1.82) is 0 Å². The van der Waals surface area contributed by atoms with Crippen molar-refractivity contribution in [2.24, 2.45) is 5.92 Å². The molecule has 0 atom stereocenters. The smallest absolute Gasteiger partial charge is 0.308 e. The number of alkyl halides is 3. The fraction of sp³-hybridized carbons (Fsp3) is 1.00. The van der Waals surface area contributed by atoms with E-state index in [1.165, 1.54) is 0 Å². The Balaban J connectivity index is 2.08. The number of hydrogen-bond acceptors (Lipinski definition) is 2. The number of likely N-dealkylation sites (tertiary alicyclic amines) is 1. The Labute approximate surface area is 82.5 Å². The minimum absolute atomic E-state index is 0.411. The first-order chi connectivity index (χ1) is 6.47. The zero-order chi connectivity index (χ0) is 10.6. The van der Waals surface area contributed by atoms with Crippen LogP contribution in [0.15, 0.2) is 0 Å². The summed E-state index contributed by atoms with van der Waals surface area (Å²) in [6.07, 6.45) is -2.08. The third kappa shape index (κ3) is 4.81. The molecule has 0 bridgehead atoms. The van der Waals surface area contributed by atoms with Gasteiger partial charge in [0.25, 0.3) is 0 Å². The van der Waals surface area contributed by atoms with Crippen molar-refractivity contribution >= 4 is 0 Å². The van der Waals surface area contributed by atoms with E-state index >= 15 is 0 Å². The Morgan fingerprint density at radius 3 is 2.36 bits per heavy atom. The monoisotopic (exact) mass is 210 g/mol. The summed E-state index contributed by atoms with van der Waals surface area (Å²) in [6.45, 7) is 1.63. The lowest BCUT2D eigenvalue weighted by atomic mass is 9.97. The molecule has 5 heteroatoms. The quantitative estimate of drug-likeness (QED) is 0.759. The topological polar surface area (TPSA) is 15.3 Å². The zero-order valence-electron chi connectivity index (χ0n) is 8.40. The lowest BCUT2D eigenvalue weighted by molar-refractivity contribution is -0.125. The predicted octanol–water partition coefficient (Wildman–Crippen LogP) is 1.48. The minimum Gasteiger partial charge on any atom is -0.308 e.